The summed E-state index contributed by atoms with van der Waals surface area (Å²) in [7, 11) is 0. The van der Waals surface area contributed by atoms with Crippen LogP contribution in [0.25, 0.3) is 0 Å². The third kappa shape index (κ3) is 3.10. The third-order valence-electron chi connectivity index (χ3n) is 4.82. The van der Waals surface area contributed by atoms with Crippen LogP contribution < -0.4 is 5.32 Å². The normalized spacial score (nSPS) is 26.2. The van der Waals surface area contributed by atoms with E-state index in [9.17, 15) is 0 Å². The summed E-state index contributed by atoms with van der Waals surface area (Å²) in [4.78, 5) is 4.79. The largest absolute Gasteiger partial charge is 0.367 e. The number of pyridine rings is 1. The van der Waals surface area contributed by atoms with Crippen LogP contribution in [0.3, 0.4) is 0 Å². The number of anilines is 1. The number of fused-ring (bicyclic) bond motifs is 1. The van der Waals surface area contributed by atoms with Gasteiger partial charge in [-0.2, -0.15) is 0 Å². The number of hydrogen-bond acceptors (Lipinski definition) is 2. The molecule has 1 aromatic rings. The molecule has 2 aliphatic carbocycles. The van der Waals surface area contributed by atoms with Crippen molar-refractivity contribution in [3.05, 3.63) is 23.4 Å². The Morgan fingerprint density at radius 2 is 2.00 bits per heavy atom. The summed E-state index contributed by atoms with van der Waals surface area (Å²) >= 11 is 0. The van der Waals surface area contributed by atoms with Crippen LogP contribution in [0.15, 0.2) is 12.1 Å². The van der Waals surface area contributed by atoms with Gasteiger partial charge in [-0.15, -0.1) is 0 Å². The molecule has 3 rings (SSSR count). The van der Waals surface area contributed by atoms with Gasteiger partial charge in [-0.3, -0.25) is 0 Å². The lowest BCUT2D eigenvalue weighted by Gasteiger charge is -2.29. The molecule has 1 N–H and O–H groups in total. The van der Waals surface area contributed by atoms with Gasteiger partial charge >= 0.3 is 0 Å². The third-order valence-corrected chi connectivity index (χ3v) is 4.82. The smallest absolute Gasteiger partial charge is 0.126 e. The Morgan fingerprint density at radius 1 is 1.16 bits per heavy atom. The molecule has 0 amide bonds. The van der Waals surface area contributed by atoms with E-state index in [-0.39, 0.29) is 0 Å². The minimum Gasteiger partial charge on any atom is -0.367 e. The molecule has 0 radical (unpaired) electrons. The lowest BCUT2D eigenvalue weighted by atomic mass is 9.83. The van der Waals surface area contributed by atoms with Crippen LogP contribution in [0.1, 0.15) is 63.1 Å². The number of rotatable bonds is 4. The van der Waals surface area contributed by atoms with E-state index in [0.29, 0.717) is 6.04 Å². The second-order valence-corrected chi connectivity index (χ2v) is 6.31. The summed E-state index contributed by atoms with van der Waals surface area (Å²) in [5.41, 5.74) is 2.81. The molecule has 1 aromatic heterocycles. The zero-order valence-electron chi connectivity index (χ0n) is 12.1. The number of nitrogens with one attached hydrogen (secondary N) is 1. The number of hydrogen-bond donors (Lipinski definition) is 1. The van der Waals surface area contributed by atoms with Crippen molar-refractivity contribution in [1.82, 2.24) is 4.98 Å². The first-order valence-corrected chi connectivity index (χ1v) is 8.10. The molecule has 1 heterocycles. The van der Waals surface area contributed by atoms with Gasteiger partial charge in [0.2, 0.25) is 0 Å². The molecular formula is C17H26N2. The predicted molar refractivity (Wildman–Crippen MR) is 80.5 cm³/mol. The van der Waals surface area contributed by atoms with Crippen LogP contribution in [0.5, 0.6) is 0 Å². The quantitative estimate of drug-likeness (QED) is 0.869. The van der Waals surface area contributed by atoms with E-state index in [4.69, 9.17) is 4.98 Å². The fourth-order valence-electron chi connectivity index (χ4n) is 3.71. The molecule has 0 bridgehead atoms. The second-order valence-electron chi connectivity index (χ2n) is 6.31. The van der Waals surface area contributed by atoms with Crippen molar-refractivity contribution in [3.63, 3.8) is 0 Å². The first-order valence-electron chi connectivity index (χ1n) is 8.10. The highest BCUT2D eigenvalue weighted by molar-refractivity contribution is 5.41. The molecule has 19 heavy (non-hydrogen) atoms. The number of aryl methyl sites for hydroxylation is 2. The molecule has 2 heteroatoms. The van der Waals surface area contributed by atoms with E-state index in [1.165, 1.54) is 69.0 Å². The maximum absolute atomic E-state index is 4.79. The van der Waals surface area contributed by atoms with Crippen LogP contribution in [-0.2, 0) is 12.8 Å². The van der Waals surface area contributed by atoms with E-state index in [1.54, 1.807) is 0 Å². The van der Waals surface area contributed by atoms with E-state index in [0.717, 1.165) is 11.7 Å². The van der Waals surface area contributed by atoms with Gasteiger partial charge in [-0.25, -0.2) is 4.98 Å². The number of nitrogens with zero attached hydrogens (tertiary/aromatic N) is 1. The van der Waals surface area contributed by atoms with E-state index in [1.807, 2.05) is 0 Å². The highest BCUT2D eigenvalue weighted by Gasteiger charge is 2.21. The van der Waals surface area contributed by atoms with E-state index >= 15 is 0 Å². The van der Waals surface area contributed by atoms with Gasteiger partial charge in [0.1, 0.15) is 5.82 Å². The fourth-order valence-corrected chi connectivity index (χ4v) is 3.71. The van der Waals surface area contributed by atoms with Gasteiger partial charge in [0.05, 0.1) is 0 Å². The molecule has 2 nitrogen and oxygen atoms in total. The minimum atomic E-state index is 0.653. The Labute approximate surface area is 117 Å². The molecule has 1 fully saturated rings. The van der Waals surface area contributed by atoms with Gasteiger partial charge in [0.25, 0.3) is 0 Å². The summed E-state index contributed by atoms with van der Waals surface area (Å²) in [5, 5.41) is 3.66. The monoisotopic (exact) mass is 258 g/mol. The molecule has 104 valence electrons. The second kappa shape index (κ2) is 5.94. The predicted octanol–water partition coefficient (Wildman–Crippen LogP) is 4.34. The zero-order chi connectivity index (χ0) is 13.1. The molecule has 0 aromatic carbocycles. The lowest BCUT2D eigenvalue weighted by molar-refractivity contribution is 0.318. The van der Waals surface area contributed by atoms with Crippen molar-refractivity contribution in [2.24, 2.45) is 5.92 Å². The highest BCUT2D eigenvalue weighted by atomic mass is 15.0. The van der Waals surface area contributed by atoms with E-state index < -0.39 is 0 Å². The molecule has 1 saturated carbocycles. The van der Waals surface area contributed by atoms with Crippen molar-refractivity contribution < 1.29 is 0 Å². The average Bonchev–Trinajstić information content (AvgIpc) is 2.89. The molecule has 0 saturated heterocycles. The topological polar surface area (TPSA) is 24.9 Å². The zero-order valence-corrected chi connectivity index (χ0v) is 12.1. The Bertz CT molecular complexity index is 419. The Balaban J connectivity index is 1.55. The standard InChI is InChI=1S/C17H26N2/c1-2-4-13-7-10-15(11-8-13)18-17-12-9-14-5-3-6-16(14)19-17/h9,12-13,15H,2-8,10-11H2,1H3,(H,18,19). The molecular weight excluding hydrogens is 232 g/mol. The SMILES string of the molecule is CCCC1CCC(Nc2ccc3c(n2)CCC3)CC1. The van der Waals surface area contributed by atoms with Crippen LogP contribution in [-0.4, -0.2) is 11.0 Å². The van der Waals surface area contributed by atoms with E-state index in [2.05, 4.69) is 24.4 Å². The molecule has 0 atom stereocenters. The van der Waals surface area contributed by atoms with Crippen LogP contribution in [0.4, 0.5) is 5.82 Å². The minimum absolute atomic E-state index is 0.653. The Hall–Kier alpha value is -1.05. The van der Waals surface area contributed by atoms with Gasteiger partial charge < -0.3 is 5.32 Å². The molecule has 0 unspecified atom stereocenters. The first kappa shape index (κ1) is 13.0. The maximum Gasteiger partial charge on any atom is 0.126 e. The maximum atomic E-state index is 4.79. The van der Waals surface area contributed by atoms with Gasteiger partial charge in [-0.05, 0) is 62.5 Å². The van der Waals surface area contributed by atoms with Crippen LogP contribution in [0, 0.1) is 5.92 Å². The Kier molecular flexibility index (Phi) is 4.05. The molecule has 0 spiro atoms. The van der Waals surface area contributed by atoms with Crippen molar-refractivity contribution in [1.29, 1.82) is 0 Å². The Morgan fingerprint density at radius 3 is 2.79 bits per heavy atom. The van der Waals surface area contributed by atoms with Crippen molar-refractivity contribution >= 4 is 5.82 Å². The molecule has 0 aliphatic heterocycles. The van der Waals surface area contributed by atoms with Crippen molar-refractivity contribution in [3.8, 4) is 0 Å². The fraction of sp³-hybridized carbons (Fsp3) is 0.706. The first-order chi connectivity index (χ1) is 9.35. The lowest BCUT2D eigenvalue weighted by Crippen LogP contribution is -2.26. The molecule has 2 aliphatic rings. The van der Waals surface area contributed by atoms with Crippen LogP contribution in [0.2, 0.25) is 0 Å². The van der Waals surface area contributed by atoms with Gasteiger partial charge in [0.15, 0.2) is 0 Å². The van der Waals surface area contributed by atoms with Gasteiger partial charge in [0, 0.05) is 11.7 Å². The summed E-state index contributed by atoms with van der Waals surface area (Å²) in [6.07, 6.45) is 11.9. The van der Waals surface area contributed by atoms with Gasteiger partial charge in [-0.1, -0.05) is 25.8 Å². The average molecular weight is 258 g/mol. The summed E-state index contributed by atoms with van der Waals surface area (Å²) < 4.78 is 0. The summed E-state index contributed by atoms with van der Waals surface area (Å²) in [6, 6.07) is 5.11. The van der Waals surface area contributed by atoms with Crippen LogP contribution >= 0.6 is 0 Å². The van der Waals surface area contributed by atoms with Crippen molar-refractivity contribution in [2.45, 2.75) is 70.8 Å². The summed E-state index contributed by atoms with van der Waals surface area (Å²) in [6.45, 7) is 2.30. The highest BCUT2D eigenvalue weighted by Crippen LogP contribution is 2.29. The number of aromatic nitrogens is 1. The summed E-state index contributed by atoms with van der Waals surface area (Å²) in [5.74, 6) is 2.09. The van der Waals surface area contributed by atoms with Crippen molar-refractivity contribution in [2.75, 3.05) is 5.32 Å².